The lowest BCUT2D eigenvalue weighted by Crippen LogP contribution is -2.10. The highest BCUT2D eigenvalue weighted by atomic mass is 32.2. The molecule has 0 fully saturated rings. The smallest absolute Gasteiger partial charge is 0.270 e. The maximum Gasteiger partial charge on any atom is 0.270 e. The summed E-state index contributed by atoms with van der Waals surface area (Å²) in [5.41, 5.74) is -0.342. The Kier molecular flexibility index (Phi) is 3.10. The van der Waals surface area contributed by atoms with Gasteiger partial charge in [0.25, 0.3) is 5.69 Å². The molecule has 1 rings (SSSR count). The fourth-order valence-electron chi connectivity index (χ4n) is 1.03. The molecule has 0 aromatic heterocycles. The summed E-state index contributed by atoms with van der Waals surface area (Å²) in [5.74, 6) is 0. The van der Waals surface area contributed by atoms with Crippen molar-refractivity contribution in [2.24, 2.45) is 0 Å². The molecule has 0 saturated carbocycles. The van der Waals surface area contributed by atoms with Crippen LogP contribution in [0.15, 0.2) is 18.2 Å². The van der Waals surface area contributed by atoms with E-state index in [0.717, 1.165) is 18.4 Å². The van der Waals surface area contributed by atoms with E-state index in [-0.39, 0.29) is 16.9 Å². The van der Waals surface area contributed by atoms with Crippen molar-refractivity contribution in [1.82, 2.24) is 0 Å². The fraction of sp³-hybridized carbons (Fsp3) is 0.125. The van der Waals surface area contributed by atoms with Crippen molar-refractivity contribution in [2.45, 2.75) is 0 Å². The van der Waals surface area contributed by atoms with Crippen LogP contribution in [0, 0.1) is 21.4 Å². The third kappa shape index (κ3) is 2.93. The molecule has 1 aromatic rings. The Bertz CT molecular complexity index is 573. The van der Waals surface area contributed by atoms with Crippen molar-refractivity contribution in [1.29, 1.82) is 5.26 Å². The summed E-state index contributed by atoms with van der Waals surface area (Å²) in [7, 11) is -3.51. The van der Waals surface area contributed by atoms with Crippen molar-refractivity contribution >= 4 is 21.4 Å². The predicted octanol–water partition coefficient (Wildman–Crippen LogP) is 0.838. The molecule has 0 radical (unpaired) electrons. The number of nitro benzene ring substituents is 1. The lowest BCUT2D eigenvalue weighted by molar-refractivity contribution is -0.384. The van der Waals surface area contributed by atoms with E-state index in [1.807, 2.05) is 0 Å². The van der Waals surface area contributed by atoms with E-state index in [1.165, 1.54) is 6.07 Å². The second-order valence-electron chi connectivity index (χ2n) is 2.97. The number of nitrogens with one attached hydrogen (secondary N) is 1. The van der Waals surface area contributed by atoms with Crippen LogP contribution < -0.4 is 4.72 Å². The van der Waals surface area contributed by atoms with Gasteiger partial charge in [0, 0.05) is 12.1 Å². The van der Waals surface area contributed by atoms with Crippen LogP contribution in [0.4, 0.5) is 11.4 Å². The average molecular weight is 241 g/mol. The van der Waals surface area contributed by atoms with Crippen LogP contribution in [-0.2, 0) is 10.0 Å². The van der Waals surface area contributed by atoms with Crippen molar-refractivity contribution in [3.63, 3.8) is 0 Å². The minimum atomic E-state index is -3.51. The molecule has 84 valence electrons. The number of rotatable bonds is 3. The molecule has 1 N–H and O–H groups in total. The monoisotopic (exact) mass is 241 g/mol. The van der Waals surface area contributed by atoms with Crippen LogP contribution in [0.25, 0.3) is 0 Å². The van der Waals surface area contributed by atoms with Crippen LogP contribution in [0.2, 0.25) is 0 Å². The second-order valence-corrected chi connectivity index (χ2v) is 4.72. The van der Waals surface area contributed by atoms with Crippen molar-refractivity contribution in [3.05, 3.63) is 33.9 Å². The molecule has 0 unspecified atom stereocenters. The minimum Gasteiger partial charge on any atom is -0.282 e. The lowest BCUT2D eigenvalue weighted by Gasteiger charge is -2.04. The molecule has 0 atom stereocenters. The molecule has 0 amide bonds. The van der Waals surface area contributed by atoms with Crippen LogP contribution >= 0.6 is 0 Å². The molecule has 8 heteroatoms. The van der Waals surface area contributed by atoms with E-state index in [9.17, 15) is 18.5 Å². The van der Waals surface area contributed by atoms with Crippen molar-refractivity contribution < 1.29 is 13.3 Å². The molecule has 0 spiro atoms. The molecule has 16 heavy (non-hydrogen) atoms. The number of non-ortho nitro benzene ring substituents is 1. The molecular weight excluding hydrogens is 234 g/mol. The molecule has 7 nitrogen and oxygen atoms in total. The second kappa shape index (κ2) is 4.16. The number of nitrogens with zero attached hydrogens (tertiary/aromatic N) is 2. The zero-order valence-electron chi connectivity index (χ0n) is 8.17. The van der Waals surface area contributed by atoms with Gasteiger partial charge in [0.1, 0.15) is 6.07 Å². The molecule has 0 aliphatic heterocycles. The number of sulfonamides is 1. The van der Waals surface area contributed by atoms with E-state index in [4.69, 9.17) is 5.26 Å². The van der Waals surface area contributed by atoms with Gasteiger partial charge in [-0.3, -0.25) is 14.8 Å². The third-order valence-corrected chi connectivity index (χ3v) is 2.22. The summed E-state index contributed by atoms with van der Waals surface area (Å²) < 4.78 is 24.0. The lowest BCUT2D eigenvalue weighted by atomic mass is 10.2. The van der Waals surface area contributed by atoms with Gasteiger partial charge in [-0.25, -0.2) is 8.42 Å². The van der Waals surface area contributed by atoms with Gasteiger partial charge < -0.3 is 0 Å². The van der Waals surface area contributed by atoms with Crippen molar-refractivity contribution in [3.8, 4) is 6.07 Å². The third-order valence-electron chi connectivity index (χ3n) is 1.63. The van der Waals surface area contributed by atoms with Gasteiger partial charge in [0.15, 0.2) is 0 Å². The highest BCUT2D eigenvalue weighted by molar-refractivity contribution is 7.92. The molecule has 0 bridgehead atoms. The van der Waals surface area contributed by atoms with Gasteiger partial charge in [-0.05, 0) is 6.07 Å². The number of hydrogen-bond donors (Lipinski definition) is 1. The first-order chi connectivity index (χ1) is 7.33. The Morgan fingerprint density at radius 3 is 2.56 bits per heavy atom. The average Bonchev–Trinajstić information content (AvgIpc) is 2.15. The van der Waals surface area contributed by atoms with Gasteiger partial charge in [-0.1, -0.05) is 0 Å². The van der Waals surface area contributed by atoms with Crippen LogP contribution in [0.1, 0.15) is 5.56 Å². The first-order valence-corrected chi connectivity index (χ1v) is 5.89. The molecular formula is C8H7N3O4S. The van der Waals surface area contributed by atoms with E-state index < -0.39 is 14.9 Å². The van der Waals surface area contributed by atoms with Crippen LogP contribution in [0.5, 0.6) is 0 Å². The predicted molar refractivity (Wildman–Crippen MR) is 56.3 cm³/mol. The largest absolute Gasteiger partial charge is 0.282 e. The first-order valence-electron chi connectivity index (χ1n) is 4.00. The maximum atomic E-state index is 10.9. The zero-order chi connectivity index (χ0) is 12.3. The van der Waals surface area contributed by atoms with Crippen LogP contribution in [-0.4, -0.2) is 19.6 Å². The Morgan fingerprint density at radius 2 is 2.12 bits per heavy atom. The van der Waals surface area contributed by atoms with Gasteiger partial charge in [0.05, 0.1) is 22.4 Å². The molecule has 0 aliphatic carbocycles. The van der Waals surface area contributed by atoms with Gasteiger partial charge >= 0.3 is 0 Å². The summed E-state index contributed by atoms with van der Waals surface area (Å²) in [6.45, 7) is 0. The Morgan fingerprint density at radius 1 is 1.50 bits per heavy atom. The Hall–Kier alpha value is -2.14. The summed E-state index contributed by atoms with van der Waals surface area (Å²) >= 11 is 0. The Balaban J connectivity index is 3.24. The number of anilines is 1. The summed E-state index contributed by atoms with van der Waals surface area (Å²) in [5, 5.41) is 19.1. The molecule has 0 saturated heterocycles. The highest BCUT2D eigenvalue weighted by Gasteiger charge is 2.12. The number of benzene rings is 1. The summed E-state index contributed by atoms with van der Waals surface area (Å²) in [6, 6.07) is 4.99. The summed E-state index contributed by atoms with van der Waals surface area (Å²) in [4.78, 5) is 9.76. The standard InChI is InChI=1S/C8H7N3O4S/c1-16(14,15)10-8-3-2-7(11(12)13)4-6(8)5-9/h2-4,10H,1H3. The fourth-order valence-corrected chi connectivity index (χ4v) is 1.60. The van der Waals surface area contributed by atoms with Crippen molar-refractivity contribution in [2.75, 3.05) is 11.0 Å². The van der Waals surface area contributed by atoms with E-state index in [2.05, 4.69) is 4.72 Å². The van der Waals surface area contributed by atoms with Gasteiger partial charge in [0.2, 0.25) is 10.0 Å². The quantitative estimate of drug-likeness (QED) is 0.622. The minimum absolute atomic E-state index is 0.0237. The van der Waals surface area contributed by atoms with Crippen LogP contribution in [0.3, 0.4) is 0 Å². The SMILES string of the molecule is CS(=O)(=O)Nc1ccc([N+](=O)[O-])cc1C#N. The Labute approximate surface area is 91.5 Å². The highest BCUT2D eigenvalue weighted by Crippen LogP contribution is 2.21. The number of nitro groups is 1. The summed E-state index contributed by atoms with van der Waals surface area (Å²) in [6.07, 6.45) is 0.926. The zero-order valence-corrected chi connectivity index (χ0v) is 8.98. The molecule has 0 aliphatic rings. The maximum absolute atomic E-state index is 10.9. The molecule has 1 aromatic carbocycles. The number of nitriles is 1. The van der Waals surface area contributed by atoms with E-state index >= 15 is 0 Å². The van der Waals surface area contributed by atoms with E-state index in [0.29, 0.717) is 0 Å². The molecule has 0 heterocycles. The van der Waals surface area contributed by atoms with E-state index in [1.54, 1.807) is 6.07 Å². The first kappa shape index (κ1) is 11.9. The topological polar surface area (TPSA) is 113 Å². The number of hydrogen-bond acceptors (Lipinski definition) is 5. The van der Waals surface area contributed by atoms with Gasteiger partial charge in [-0.15, -0.1) is 0 Å². The van der Waals surface area contributed by atoms with Gasteiger partial charge in [-0.2, -0.15) is 5.26 Å². The normalized spacial score (nSPS) is 10.5.